The molecule has 1 amide bonds. The number of fused-ring (bicyclic) bond motifs is 1. The van der Waals surface area contributed by atoms with Crippen molar-refractivity contribution < 1.29 is 35.5 Å². The van der Waals surface area contributed by atoms with Crippen LogP contribution in [0.15, 0.2) is 116 Å². The molecule has 5 rings (SSSR count). The Bertz CT molecular complexity index is 2140. The molecule has 16 heteroatoms. The van der Waals surface area contributed by atoms with E-state index < -0.39 is 42.5 Å². The van der Waals surface area contributed by atoms with Crippen molar-refractivity contribution in [1.29, 1.82) is 0 Å². The number of carbonyl (C=O) groups is 2. The van der Waals surface area contributed by atoms with Crippen LogP contribution >= 0.6 is 0 Å². The van der Waals surface area contributed by atoms with E-state index in [9.17, 15) is 31.0 Å². The maximum absolute atomic E-state index is 13.3. The van der Waals surface area contributed by atoms with Crippen molar-refractivity contribution in [2.75, 3.05) is 16.5 Å². The molecule has 0 bridgehead atoms. The first-order valence-corrected chi connectivity index (χ1v) is 15.6. The van der Waals surface area contributed by atoms with Crippen LogP contribution in [0.1, 0.15) is 26.3 Å². The molecule has 14 nitrogen and oxygen atoms in total. The van der Waals surface area contributed by atoms with Crippen molar-refractivity contribution in [2.24, 2.45) is 15.3 Å². The van der Waals surface area contributed by atoms with Gasteiger partial charge in [0.2, 0.25) is 5.78 Å². The van der Waals surface area contributed by atoms with E-state index >= 15 is 0 Å². The highest BCUT2D eigenvalue weighted by atomic mass is 32.2. The summed E-state index contributed by atoms with van der Waals surface area (Å²) >= 11 is 0. The second-order valence-electron chi connectivity index (χ2n) is 9.48. The molecule has 228 valence electrons. The number of anilines is 3. The smallest absolute Gasteiger partial charge is 0.296 e. The monoisotopic (exact) mass is 646 g/mol. The summed E-state index contributed by atoms with van der Waals surface area (Å²) in [5.41, 5.74) is 10.0. The molecule has 1 aliphatic carbocycles. The Morgan fingerprint density at radius 3 is 1.98 bits per heavy atom. The zero-order chi connectivity index (χ0) is 32.4. The van der Waals surface area contributed by atoms with E-state index in [0.29, 0.717) is 28.3 Å². The Hall–Kier alpha value is -5.55. The van der Waals surface area contributed by atoms with Gasteiger partial charge in [-0.15, -0.1) is 0 Å². The van der Waals surface area contributed by atoms with Crippen molar-refractivity contribution in [1.82, 2.24) is 0 Å². The Morgan fingerprint density at radius 2 is 1.38 bits per heavy atom. The van der Waals surface area contributed by atoms with E-state index in [4.69, 9.17) is 10.3 Å². The number of allylic oxidation sites excluding steroid dienone is 1. The van der Waals surface area contributed by atoms with Gasteiger partial charge in [-0.3, -0.25) is 24.1 Å². The van der Waals surface area contributed by atoms with Gasteiger partial charge in [0.25, 0.3) is 26.1 Å². The Kier molecular flexibility index (Phi) is 8.38. The number of nitrogens with two attached hydrogens (primary N) is 1. The minimum Gasteiger partial charge on any atom is -0.399 e. The molecule has 0 unspecified atom stereocenters. The fraction of sp³-hybridized carbons (Fsp3) is 0. The van der Waals surface area contributed by atoms with E-state index in [-0.39, 0.29) is 21.7 Å². The van der Waals surface area contributed by atoms with Gasteiger partial charge in [0.15, 0.2) is 5.71 Å². The molecule has 0 atom stereocenters. The topological polar surface area (TPSA) is 230 Å². The summed E-state index contributed by atoms with van der Waals surface area (Å²) in [5.74, 6) is -1.26. The predicted octanol–water partition coefficient (Wildman–Crippen LogP) is 5.08. The van der Waals surface area contributed by atoms with Crippen LogP contribution in [0.5, 0.6) is 0 Å². The van der Waals surface area contributed by atoms with Gasteiger partial charge < -0.3 is 11.1 Å². The van der Waals surface area contributed by atoms with E-state index in [1.54, 1.807) is 18.2 Å². The minimum absolute atomic E-state index is 0.0882. The molecule has 1 aliphatic rings. The Balaban J connectivity index is 1.33. The molecule has 4 aromatic rings. The van der Waals surface area contributed by atoms with Crippen LogP contribution in [0, 0.1) is 0 Å². The first-order chi connectivity index (χ1) is 21.3. The van der Waals surface area contributed by atoms with Crippen LogP contribution in [-0.4, -0.2) is 43.3 Å². The zero-order valence-corrected chi connectivity index (χ0v) is 24.5. The quantitative estimate of drug-likeness (QED) is 0.0737. The molecule has 0 saturated heterocycles. The lowest BCUT2D eigenvalue weighted by molar-refractivity contribution is 0.102. The second kappa shape index (κ2) is 12.2. The van der Waals surface area contributed by atoms with Crippen molar-refractivity contribution >= 4 is 72.2 Å². The number of nitrogen functional groups attached to an aromatic ring is 1. The first-order valence-electron chi connectivity index (χ1n) is 12.8. The third-order valence-electron chi connectivity index (χ3n) is 6.30. The van der Waals surface area contributed by atoms with Gasteiger partial charge in [-0.2, -0.15) is 32.2 Å². The molecular weight excluding hydrogens is 624 g/mol. The van der Waals surface area contributed by atoms with Crippen LogP contribution in [0.3, 0.4) is 0 Å². The van der Waals surface area contributed by atoms with E-state index in [0.717, 1.165) is 6.08 Å². The van der Waals surface area contributed by atoms with Crippen LogP contribution in [0.2, 0.25) is 0 Å². The normalized spacial score (nSPS) is 14.2. The zero-order valence-electron chi connectivity index (χ0n) is 22.8. The van der Waals surface area contributed by atoms with Gasteiger partial charge in [0.1, 0.15) is 4.91 Å². The van der Waals surface area contributed by atoms with E-state index in [2.05, 4.69) is 26.1 Å². The van der Waals surface area contributed by atoms with E-state index in [1.807, 2.05) is 0 Å². The van der Waals surface area contributed by atoms with Crippen molar-refractivity contribution in [3.8, 4) is 0 Å². The highest BCUT2D eigenvalue weighted by Crippen LogP contribution is 2.29. The van der Waals surface area contributed by atoms with Crippen LogP contribution < -0.4 is 16.5 Å². The number of benzene rings is 4. The number of amides is 1. The van der Waals surface area contributed by atoms with Gasteiger partial charge in [-0.05, 0) is 96.6 Å². The number of nitrogens with zero attached hydrogens (tertiary/aromatic N) is 3. The van der Waals surface area contributed by atoms with Crippen molar-refractivity contribution in [3.63, 3.8) is 0 Å². The summed E-state index contributed by atoms with van der Waals surface area (Å²) in [6, 6.07) is 21.7. The van der Waals surface area contributed by atoms with Crippen LogP contribution in [-0.2, 0) is 20.2 Å². The summed E-state index contributed by atoms with van der Waals surface area (Å²) in [5, 5.41) is 14.6. The summed E-state index contributed by atoms with van der Waals surface area (Å²) in [7, 11) is -9.23. The lowest BCUT2D eigenvalue weighted by Crippen LogP contribution is -2.27. The number of azo groups is 1. The van der Waals surface area contributed by atoms with Crippen molar-refractivity contribution in [3.05, 3.63) is 113 Å². The molecule has 0 aromatic heterocycles. The Labute approximate surface area is 256 Å². The number of hydrogen-bond acceptors (Lipinski definition) is 11. The van der Waals surface area contributed by atoms with E-state index in [1.165, 1.54) is 72.8 Å². The third kappa shape index (κ3) is 7.34. The van der Waals surface area contributed by atoms with Crippen LogP contribution in [0.4, 0.5) is 28.4 Å². The Morgan fingerprint density at radius 1 is 0.756 bits per heavy atom. The number of carbonyl (C=O) groups excluding carboxylic acids is 2. The molecule has 0 heterocycles. The summed E-state index contributed by atoms with van der Waals surface area (Å²) in [6.07, 6.45) is 1.08. The maximum atomic E-state index is 13.3. The number of ketones is 1. The highest BCUT2D eigenvalue weighted by molar-refractivity contribution is 7.91. The molecule has 0 saturated carbocycles. The number of Topliss-reactive ketones (excluding diaryl/α,β-unsaturated/α-hetero) is 1. The summed E-state index contributed by atoms with van der Waals surface area (Å²) in [6.45, 7) is 0. The molecule has 0 aliphatic heterocycles. The highest BCUT2D eigenvalue weighted by Gasteiger charge is 2.33. The molecule has 6 N–H and O–H groups in total. The SMILES string of the molecule is Nc1cccc(C(=O)Nc2ccc3c(c2)C=C(S(=O)(=O)O)/C(=N/Nc2ccc(N=Nc4ccc(S(=O)(=O)O)cc4)cc2)C3=O)c1. The lowest BCUT2D eigenvalue weighted by Gasteiger charge is -2.17. The molecular formula is C29H22N6O8S2. The number of nitrogens with one attached hydrogen (secondary N) is 2. The molecule has 0 radical (unpaired) electrons. The van der Waals surface area contributed by atoms with Gasteiger partial charge in [0.05, 0.1) is 22.0 Å². The summed E-state index contributed by atoms with van der Waals surface area (Å²) in [4.78, 5) is 24.9. The fourth-order valence-corrected chi connectivity index (χ4v) is 5.26. The number of rotatable bonds is 8. The third-order valence-corrected chi connectivity index (χ3v) is 8.03. The first kappa shape index (κ1) is 30.9. The van der Waals surface area contributed by atoms with Gasteiger partial charge in [0, 0.05) is 22.5 Å². The molecule has 0 spiro atoms. The average molecular weight is 647 g/mol. The fourth-order valence-electron chi connectivity index (χ4n) is 4.12. The molecule has 4 aromatic carbocycles. The number of hydrazone groups is 1. The van der Waals surface area contributed by atoms with Gasteiger partial charge >= 0.3 is 0 Å². The largest absolute Gasteiger partial charge is 0.399 e. The molecule has 45 heavy (non-hydrogen) atoms. The maximum Gasteiger partial charge on any atom is 0.296 e. The second-order valence-corrected chi connectivity index (χ2v) is 12.3. The molecule has 0 fully saturated rings. The average Bonchev–Trinajstić information content (AvgIpc) is 2.99. The van der Waals surface area contributed by atoms with Crippen molar-refractivity contribution in [2.45, 2.75) is 4.90 Å². The minimum atomic E-state index is -4.90. The predicted molar refractivity (Wildman–Crippen MR) is 167 cm³/mol. The standard InChI is InChI=1S/C29H22N6O8S2/c30-19-3-1-2-17(14-19)29(37)31-23-10-13-25-18(15-23)16-26(45(41,42)43)27(28(25)36)35-34-21-6-4-20(5-7-21)32-33-22-8-11-24(12-9-22)44(38,39)40/h1-16,34H,30H2,(H,31,37)(H,38,39,40)(H,41,42,43)/b33-32?,35-27-. The van der Waals surface area contributed by atoms with Crippen LogP contribution in [0.25, 0.3) is 6.08 Å². The number of hydrogen-bond donors (Lipinski definition) is 5. The van der Waals surface area contributed by atoms with Gasteiger partial charge in [-0.1, -0.05) is 6.07 Å². The van der Waals surface area contributed by atoms with Gasteiger partial charge in [-0.25, -0.2) is 0 Å². The summed E-state index contributed by atoms with van der Waals surface area (Å²) < 4.78 is 65.7. The lowest BCUT2D eigenvalue weighted by atomic mass is 9.94.